The molecule has 6 nitrogen and oxygen atoms in total. The van der Waals surface area contributed by atoms with E-state index in [4.69, 9.17) is 0 Å². The fraction of sp³-hybridized carbons (Fsp3) is 0.500. The molecule has 0 heterocycles. The summed E-state index contributed by atoms with van der Waals surface area (Å²) < 4.78 is 0. The summed E-state index contributed by atoms with van der Waals surface area (Å²) in [5.74, 6) is -0.565. The van der Waals surface area contributed by atoms with Crippen molar-refractivity contribution in [2.45, 2.75) is 33.2 Å². The molecule has 1 unspecified atom stereocenters. The van der Waals surface area contributed by atoms with Crippen LogP contribution in [0, 0.1) is 16.0 Å². The summed E-state index contributed by atoms with van der Waals surface area (Å²) in [6.45, 7) is 6.02. The van der Waals surface area contributed by atoms with Crippen molar-refractivity contribution in [1.29, 1.82) is 0 Å². The lowest BCUT2D eigenvalue weighted by atomic mass is 10.0. The number of nitro benzene ring substituents is 1. The van der Waals surface area contributed by atoms with Crippen molar-refractivity contribution in [3.05, 3.63) is 33.9 Å². The number of carbonyl (C=O) groups excluding carboxylic acids is 1. The molecule has 1 amide bonds. The third kappa shape index (κ3) is 3.46. The van der Waals surface area contributed by atoms with Crippen LogP contribution in [0.4, 0.5) is 5.69 Å². The minimum absolute atomic E-state index is 0.0128. The Morgan fingerprint density at radius 2 is 2.00 bits per heavy atom. The van der Waals surface area contributed by atoms with Crippen molar-refractivity contribution in [3.63, 3.8) is 0 Å². The van der Waals surface area contributed by atoms with Gasteiger partial charge in [-0.15, -0.1) is 0 Å². The van der Waals surface area contributed by atoms with Crippen molar-refractivity contribution >= 4 is 11.6 Å². The van der Waals surface area contributed by atoms with E-state index in [1.165, 1.54) is 23.1 Å². The van der Waals surface area contributed by atoms with Gasteiger partial charge >= 0.3 is 5.69 Å². The maximum Gasteiger partial charge on any atom is 0.311 e. The number of para-hydroxylation sites is 1. The maximum absolute atomic E-state index is 12.3. The molecule has 20 heavy (non-hydrogen) atoms. The number of phenols is 1. The van der Waals surface area contributed by atoms with Gasteiger partial charge in [-0.2, -0.15) is 0 Å². The van der Waals surface area contributed by atoms with Crippen LogP contribution in [0.5, 0.6) is 5.75 Å². The molecule has 1 N–H and O–H groups in total. The van der Waals surface area contributed by atoms with Crippen LogP contribution in [0.25, 0.3) is 0 Å². The standard InChI is InChI=1S/C14H20N2O4/c1-9(2)8-10(3)15(4)14(18)11-6-5-7-12(13(11)17)16(19)20/h5-7,9-10,17H,8H2,1-4H3. The zero-order valence-electron chi connectivity index (χ0n) is 12.2. The van der Waals surface area contributed by atoms with Crippen LogP contribution in [0.3, 0.4) is 0 Å². The molecule has 6 heteroatoms. The number of rotatable bonds is 5. The first-order valence-electron chi connectivity index (χ1n) is 6.49. The monoisotopic (exact) mass is 280 g/mol. The van der Waals surface area contributed by atoms with Gasteiger partial charge in [-0.1, -0.05) is 19.9 Å². The third-order valence-electron chi connectivity index (χ3n) is 3.24. The van der Waals surface area contributed by atoms with Crippen LogP contribution in [-0.4, -0.2) is 33.9 Å². The smallest absolute Gasteiger partial charge is 0.311 e. The van der Waals surface area contributed by atoms with Gasteiger partial charge in [-0.25, -0.2) is 0 Å². The molecule has 0 bridgehead atoms. The average molecular weight is 280 g/mol. The van der Waals surface area contributed by atoms with Crippen LogP contribution >= 0.6 is 0 Å². The number of benzene rings is 1. The molecule has 0 spiro atoms. The molecule has 0 aliphatic carbocycles. The van der Waals surface area contributed by atoms with Crippen LogP contribution in [0.1, 0.15) is 37.6 Å². The van der Waals surface area contributed by atoms with Crippen molar-refractivity contribution in [3.8, 4) is 5.75 Å². The van der Waals surface area contributed by atoms with E-state index < -0.39 is 22.3 Å². The van der Waals surface area contributed by atoms with E-state index in [-0.39, 0.29) is 11.6 Å². The number of aromatic hydroxyl groups is 1. The predicted octanol–water partition coefficient (Wildman–Crippen LogP) is 2.81. The molecule has 0 aliphatic rings. The zero-order valence-corrected chi connectivity index (χ0v) is 12.2. The highest BCUT2D eigenvalue weighted by Gasteiger charge is 2.25. The Labute approximate surface area is 118 Å². The van der Waals surface area contributed by atoms with E-state index in [1.54, 1.807) is 7.05 Å². The Bertz CT molecular complexity index is 514. The van der Waals surface area contributed by atoms with Crippen LogP contribution < -0.4 is 0 Å². The average Bonchev–Trinajstić information content (AvgIpc) is 2.36. The summed E-state index contributed by atoms with van der Waals surface area (Å²) in [6.07, 6.45) is 0.817. The summed E-state index contributed by atoms with van der Waals surface area (Å²) in [4.78, 5) is 23.9. The molecule has 0 saturated heterocycles. The summed E-state index contributed by atoms with van der Waals surface area (Å²) in [5, 5.41) is 20.6. The SMILES string of the molecule is CC(C)CC(C)N(C)C(=O)c1cccc([N+](=O)[O-])c1O. The third-order valence-corrected chi connectivity index (χ3v) is 3.24. The first-order valence-corrected chi connectivity index (χ1v) is 6.49. The zero-order chi connectivity index (χ0) is 15.4. The van der Waals surface area contributed by atoms with Gasteiger partial charge in [0.05, 0.1) is 10.5 Å². The molecule has 1 aromatic rings. The summed E-state index contributed by atoms with van der Waals surface area (Å²) >= 11 is 0. The number of carbonyl (C=O) groups is 1. The summed E-state index contributed by atoms with van der Waals surface area (Å²) in [6, 6.07) is 3.94. The molecule has 1 rings (SSSR count). The Hall–Kier alpha value is -2.11. The normalized spacial score (nSPS) is 12.2. The van der Waals surface area contributed by atoms with E-state index in [0.717, 1.165) is 6.42 Å². The van der Waals surface area contributed by atoms with Gasteiger partial charge < -0.3 is 10.0 Å². The van der Waals surface area contributed by atoms with E-state index >= 15 is 0 Å². The summed E-state index contributed by atoms with van der Waals surface area (Å²) in [7, 11) is 1.63. The van der Waals surface area contributed by atoms with E-state index in [0.29, 0.717) is 5.92 Å². The van der Waals surface area contributed by atoms with E-state index in [9.17, 15) is 20.0 Å². The van der Waals surface area contributed by atoms with Gasteiger partial charge in [0.2, 0.25) is 5.75 Å². The number of nitrogens with zero attached hydrogens (tertiary/aromatic N) is 2. The van der Waals surface area contributed by atoms with Gasteiger partial charge in [0, 0.05) is 19.2 Å². The number of amides is 1. The molecular formula is C14H20N2O4. The maximum atomic E-state index is 12.3. The van der Waals surface area contributed by atoms with E-state index in [2.05, 4.69) is 13.8 Å². The second-order valence-corrected chi connectivity index (χ2v) is 5.33. The molecule has 1 atom stereocenters. The highest BCUT2D eigenvalue weighted by Crippen LogP contribution is 2.30. The molecule has 0 fully saturated rings. The lowest BCUT2D eigenvalue weighted by molar-refractivity contribution is -0.385. The lowest BCUT2D eigenvalue weighted by Crippen LogP contribution is -2.36. The largest absolute Gasteiger partial charge is 0.502 e. The summed E-state index contributed by atoms with van der Waals surface area (Å²) in [5.41, 5.74) is -0.502. The molecular weight excluding hydrogens is 260 g/mol. The predicted molar refractivity (Wildman–Crippen MR) is 75.8 cm³/mol. The minimum Gasteiger partial charge on any atom is -0.502 e. The molecule has 0 radical (unpaired) electrons. The second kappa shape index (κ2) is 6.36. The van der Waals surface area contributed by atoms with Crippen LogP contribution in [-0.2, 0) is 0 Å². The molecule has 0 aliphatic heterocycles. The second-order valence-electron chi connectivity index (χ2n) is 5.33. The molecule has 0 saturated carbocycles. The van der Waals surface area contributed by atoms with Crippen LogP contribution in [0.2, 0.25) is 0 Å². The highest BCUT2D eigenvalue weighted by molar-refractivity contribution is 5.98. The van der Waals surface area contributed by atoms with E-state index in [1.807, 2.05) is 6.92 Å². The van der Waals surface area contributed by atoms with Gasteiger partial charge in [0.25, 0.3) is 5.91 Å². The number of hydrogen-bond donors (Lipinski definition) is 1. The van der Waals surface area contributed by atoms with Gasteiger partial charge in [0.1, 0.15) is 0 Å². The molecule has 0 aromatic heterocycles. The Kier molecular flexibility index (Phi) is 5.07. The molecule has 1 aromatic carbocycles. The minimum atomic E-state index is -0.705. The van der Waals surface area contributed by atoms with Gasteiger partial charge in [-0.05, 0) is 25.3 Å². The Morgan fingerprint density at radius 1 is 1.40 bits per heavy atom. The Balaban J connectivity index is 3.03. The first-order chi connectivity index (χ1) is 9.25. The number of phenolic OH excluding ortho intramolecular Hbond substituents is 1. The highest BCUT2D eigenvalue weighted by atomic mass is 16.6. The fourth-order valence-corrected chi connectivity index (χ4v) is 2.08. The Morgan fingerprint density at radius 3 is 2.50 bits per heavy atom. The number of nitro groups is 1. The quantitative estimate of drug-likeness (QED) is 0.664. The van der Waals surface area contributed by atoms with Crippen molar-refractivity contribution in [2.24, 2.45) is 5.92 Å². The van der Waals surface area contributed by atoms with Gasteiger partial charge in [-0.3, -0.25) is 14.9 Å². The van der Waals surface area contributed by atoms with Crippen molar-refractivity contribution in [1.82, 2.24) is 4.90 Å². The van der Waals surface area contributed by atoms with Crippen LogP contribution in [0.15, 0.2) is 18.2 Å². The number of hydrogen-bond acceptors (Lipinski definition) is 4. The van der Waals surface area contributed by atoms with Crippen molar-refractivity contribution < 1.29 is 14.8 Å². The first kappa shape index (κ1) is 15.9. The molecule has 110 valence electrons. The van der Waals surface area contributed by atoms with Crippen molar-refractivity contribution in [2.75, 3.05) is 7.05 Å². The van der Waals surface area contributed by atoms with Gasteiger partial charge in [0.15, 0.2) is 0 Å². The lowest BCUT2D eigenvalue weighted by Gasteiger charge is -2.26. The topological polar surface area (TPSA) is 83.7 Å². The fourth-order valence-electron chi connectivity index (χ4n) is 2.08.